The Bertz CT molecular complexity index is 623. The van der Waals surface area contributed by atoms with Gasteiger partial charge in [-0.3, -0.25) is 9.78 Å². The van der Waals surface area contributed by atoms with Gasteiger partial charge in [-0.05, 0) is 30.7 Å². The number of hydrogen-bond acceptors (Lipinski definition) is 4. The first-order valence-corrected chi connectivity index (χ1v) is 7.05. The molecule has 110 valence electrons. The Labute approximate surface area is 123 Å². The molecule has 2 atom stereocenters. The van der Waals surface area contributed by atoms with E-state index in [9.17, 15) is 9.90 Å². The molecular formula is C16H18N2O3. The van der Waals surface area contributed by atoms with E-state index in [4.69, 9.17) is 4.42 Å². The second kappa shape index (κ2) is 5.69. The fourth-order valence-corrected chi connectivity index (χ4v) is 2.99. The van der Waals surface area contributed by atoms with E-state index in [1.54, 1.807) is 30.3 Å². The Kier molecular flexibility index (Phi) is 3.75. The number of amides is 1. The van der Waals surface area contributed by atoms with Gasteiger partial charge < -0.3 is 14.4 Å². The summed E-state index contributed by atoms with van der Waals surface area (Å²) in [6.07, 6.45) is 5.02. The molecule has 1 aliphatic heterocycles. The summed E-state index contributed by atoms with van der Waals surface area (Å²) in [5.41, 5.74) is 1.71. The van der Waals surface area contributed by atoms with Crippen molar-refractivity contribution in [2.45, 2.75) is 12.8 Å². The Balaban J connectivity index is 1.81. The molecule has 2 aromatic rings. The third-order valence-electron chi connectivity index (χ3n) is 4.19. The van der Waals surface area contributed by atoms with Crippen molar-refractivity contribution in [2.24, 2.45) is 5.92 Å². The minimum absolute atomic E-state index is 0.0312. The van der Waals surface area contributed by atoms with Crippen molar-refractivity contribution in [1.29, 1.82) is 0 Å². The molecule has 0 saturated carbocycles. The highest BCUT2D eigenvalue weighted by atomic mass is 16.3. The van der Waals surface area contributed by atoms with Crippen molar-refractivity contribution in [3.63, 3.8) is 0 Å². The lowest BCUT2D eigenvalue weighted by Crippen LogP contribution is -2.29. The van der Waals surface area contributed by atoms with E-state index in [1.807, 2.05) is 12.1 Å². The van der Waals surface area contributed by atoms with Crippen LogP contribution in [0.4, 0.5) is 0 Å². The molecule has 5 heteroatoms. The van der Waals surface area contributed by atoms with Gasteiger partial charge in [-0.1, -0.05) is 0 Å². The maximum atomic E-state index is 12.5. The molecule has 3 rings (SSSR count). The second-order valence-corrected chi connectivity index (χ2v) is 5.43. The summed E-state index contributed by atoms with van der Waals surface area (Å²) in [5, 5.41) is 9.61. The van der Waals surface area contributed by atoms with E-state index in [0.717, 1.165) is 5.56 Å². The number of aryl methyl sites for hydroxylation is 1. The number of aromatic nitrogens is 1. The number of nitrogens with zero attached hydrogens (tertiary/aromatic N) is 2. The molecule has 5 nitrogen and oxygen atoms in total. The lowest BCUT2D eigenvalue weighted by Gasteiger charge is -2.16. The van der Waals surface area contributed by atoms with Gasteiger partial charge >= 0.3 is 0 Å². The SMILES string of the molecule is Cc1occc1C(=O)N1C[C@@H](CO)[C@H](c2ccncc2)C1. The average molecular weight is 286 g/mol. The number of likely N-dealkylation sites (tertiary alicyclic amines) is 1. The fourth-order valence-electron chi connectivity index (χ4n) is 2.99. The van der Waals surface area contributed by atoms with Gasteiger partial charge in [0.2, 0.25) is 0 Å². The van der Waals surface area contributed by atoms with Crippen LogP contribution in [0.25, 0.3) is 0 Å². The number of pyridine rings is 1. The summed E-state index contributed by atoms with van der Waals surface area (Å²) < 4.78 is 5.20. The molecule has 1 saturated heterocycles. The van der Waals surface area contributed by atoms with E-state index < -0.39 is 0 Å². The van der Waals surface area contributed by atoms with Crippen LogP contribution in [0.1, 0.15) is 27.6 Å². The number of carbonyl (C=O) groups is 1. The van der Waals surface area contributed by atoms with Gasteiger partial charge in [0.1, 0.15) is 5.76 Å². The smallest absolute Gasteiger partial charge is 0.257 e. The van der Waals surface area contributed by atoms with Crippen molar-refractivity contribution >= 4 is 5.91 Å². The van der Waals surface area contributed by atoms with Crippen molar-refractivity contribution in [2.75, 3.05) is 19.7 Å². The number of furan rings is 1. The van der Waals surface area contributed by atoms with Gasteiger partial charge in [-0.25, -0.2) is 0 Å². The molecule has 0 spiro atoms. The molecule has 0 radical (unpaired) electrons. The first-order valence-electron chi connectivity index (χ1n) is 7.05. The van der Waals surface area contributed by atoms with Crippen LogP contribution in [-0.2, 0) is 0 Å². The Morgan fingerprint density at radius 1 is 1.38 bits per heavy atom. The zero-order valence-electron chi connectivity index (χ0n) is 11.9. The number of hydrogen-bond donors (Lipinski definition) is 1. The minimum Gasteiger partial charge on any atom is -0.469 e. The third kappa shape index (κ3) is 2.56. The van der Waals surface area contributed by atoms with E-state index in [-0.39, 0.29) is 24.3 Å². The molecule has 3 heterocycles. The summed E-state index contributed by atoms with van der Waals surface area (Å²) in [5.74, 6) is 0.807. The van der Waals surface area contributed by atoms with E-state index in [2.05, 4.69) is 4.98 Å². The third-order valence-corrected chi connectivity index (χ3v) is 4.19. The molecule has 0 bridgehead atoms. The van der Waals surface area contributed by atoms with Crippen molar-refractivity contribution in [3.8, 4) is 0 Å². The molecule has 0 unspecified atom stereocenters. The Morgan fingerprint density at radius 3 is 2.76 bits per heavy atom. The van der Waals surface area contributed by atoms with Crippen molar-refractivity contribution in [1.82, 2.24) is 9.88 Å². The van der Waals surface area contributed by atoms with Crippen LogP contribution >= 0.6 is 0 Å². The molecular weight excluding hydrogens is 268 g/mol. The van der Waals surface area contributed by atoms with E-state index in [0.29, 0.717) is 24.4 Å². The monoisotopic (exact) mass is 286 g/mol. The second-order valence-electron chi connectivity index (χ2n) is 5.43. The maximum Gasteiger partial charge on any atom is 0.257 e. The number of aliphatic hydroxyl groups excluding tert-OH is 1. The van der Waals surface area contributed by atoms with Crippen LogP contribution in [-0.4, -0.2) is 40.6 Å². The molecule has 1 fully saturated rings. The fraction of sp³-hybridized carbons (Fsp3) is 0.375. The van der Waals surface area contributed by atoms with Crippen LogP contribution in [0.2, 0.25) is 0 Å². The predicted molar refractivity (Wildman–Crippen MR) is 76.9 cm³/mol. The van der Waals surface area contributed by atoms with Gasteiger partial charge in [0.05, 0.1) is 11.8 Å². The Hall–Kier alpha value is -2.14. The zero-order chi connectivity index (χ0) is 14.8. The molecule has 1 amide bonds. The molecule has 21 heavy (non-hydrogen) atoms. The first-order chi connectivity index (χ1) is 10.2. The van der Waals surface area contributed by atoms with Gasteiger partial charge in [-0.15, -0.1) is 0 Å². The lowest BCUT2D eigenvalue weighted by atomic mass is 9.90. The van der Waals surface area contributed by atoms with Gasteiger partial charge in [-0.2, -0.15) is 0 Å². The first kappa shape index (κ1) is 13.8. The normalized spacial score (nSPS) is 21.7. The van der Waals surface area contributed by atoms with Crippen LogP contribution in [0, 0.1) is 12.8 Å². The van der Waals surface area contributed by atoms with E-state index >= 15 is 0 Å². The molecule has 1 aliphatic rings. The topological polar surface area (TPSA) is 66.6 Å². The summed E-state index contributed by atoms with van der Waals surface area (Å²) in [4.78, 5) is 18.4. The maximum absolute atomic E-state index is 12.5. The van der Waals surface area contributed by atoms with Crippen LogP contribution in [0.3, 0.4) is 0 Å². The number of rotatable bonds is 3. The summed E-state index contributed by atoms with van der Waals surface area (Å²) in [6.45, 7) is 3.03. The molecule has 0 aromatic carbocycles. The summed E-state index contributed by atoms with van der Waals surface area (Å²) in [6, 6.07) is 5.60. The standard InChI is InChI=1S/C16H18N2O3/c1-11-14(4-7-21-11)16(20)18-8-13(10-19)15(9-18)12-2-5-17-6-3-12/h2-7,13,15,19H,8-10H2,1H3/t13-,15-/m0/s1. The van der Waals surface area contributed by atoms with Crippen LogP contribution in [0.5, 0.6) is 0 Å². The van der Waals surface area contributed by atoms with Gasteiger partial charge in [0.25, 0.3) is 5.91 Å². The molecule has 1 N–H and O–H groups in total. The molecule has 0 aliphatic carbocycles. The quantitative estimate of drug-likeness (QED) is 0.935. The number of carbonyl (C=O) groups excluding carboxylic acids is 1. The zero-order valence-corrected chi connectivity index (χ0v) is 11.9. The van der Waals surface area contributed by atoms with Gasteiger partial charge in [0, 0.05) is 43.9 Å². The lowest BCUT2D eigenvalue weighted by molar-refractivity contribution is 0.0779. The largest absolute Gasteiger partial charge is 0.469 e. The highest BCUT2D eigenvalue weighted by Gasteiger charge is 2.36. The summed E-state index contributed by atoms with van der Waals surface area (Å²) in [7, 11) is 0. The van der Waals surface area contributed by atoms with Crippen LogP contribution in [0.15, 0.2) is 41.3 Å². The average Bonchev–Trinajstić information content (AvgIpc) is 3.13. The minimum atomic E-state index is -0.0312. The summed E-state index contributed by atoms with van der Waals surface area (Å²) >= 11 is 0. The highest BCUT2D eigenvalue weighted by molar-refractivity contribution is 5.95. The molecule has 2 aromatic heterocycles. The van der Waals surface area contributed by atoms with Crippen molar-refractivity contribution < 1.29 is 14.3 Å². The Morgan fingerprint density at radius 2 is 2.14 bits per heavy atom. The van der Waals surface area contributed by atoms with Crippen molar-refractivity contribution in [3.05, 3.63) is 53.7 Å². The number of aliphatic hydroxyl groups is 1. The van der Waals surface area contributed by atoms with E-state index in [1.165, 1.54) is 6.26 Å². The predicted octanol–water partition coefficient (Wildman–Crippen LogP) is 1.83. The highest BCUT2D eigenvalue weighted by Crippen LogP contribution is 2.33. The van der Waals surface area contributed by atoms with Crippen LogP contribution < -0.4 is 0 Å². The van der Waals surface area contributed by atoms with Gasteiger partial charge in [0.15, 0.2) is 0 Å².